The van der Waals surface area contributed by atoms with Crippen LogP contribution in [-0.4, -0.2) is 42.0 Å². The van der Waals surface area contributed by atoms with Gasteiger partial charge in [0.2, 0.25) is 0 Å². The van der Waals surface area contributed by atoms with Crippen molar-refractivity contribution in [2.45, 2.75) is 59.6 Å². The largest absolute Gasteiger partial charge is 0.463 e. The fourth-order valence-corrected chi connectivity index (χ4v) is 4.91. The van der Waals surface area contributed by atoms with Crippen LogP contribution >= 0.6 is 0 Å². The first-order chi connectivity index (χ1) is 14.8. The molecule has 2 unspecified atom stereocenters. The number of ether oxygens (including phenoxy) is 1. The van der Waals surface area contributed by atoms with E-state index in [0.717, 1.165) is 31.5 Å². The summed E-state index contributed by atoms with van der Waals surface area (Å²) in [6.07, 6.45) is 2.11. The van der Waals surface area contributed by atoms with E-state index in [9.17, 15) is 9.59 Å². The van der Waals surface area contributed by atoms with E-state index >= 15 is 0 Å². The molecule has 0 amide bonds. The number of carbonyl (C=O) groups excluding carboxylic acids is 2. The van der Waals surface area contributed by atoms with Crippen LogP contribution in [0.3, 0.4) is 0 Å². The molecule has 0 saturated carbocycles. The van der Waals surface area contributed by atoms with Gasteiger partial charge in [0.15, 0.2) is 5.78 Å². The Morgan fingerprint density at radius 3 is 2.35 bits per heavy atom. The van der Waals surface area contributed by atoms with Crippen molar-refractivity contribution in [2.75, 3.05) is 19.6 Å². The zero-order chi connectivity index (χ0) is 22.4. The lowest BCUT2D eigenvalue weighted by molar-refractivity contribution is -0.940. The van der Waals surface area contributed by atoms with Crippen molar-refractivity contribution in [3.63, 3.8) is 0 Å². The number of aryl methyl sites for hydroxylation is 2. The molecule has 4 nitrogen and oxygen atoms in total. The summed E-state index contributed by atoms with van der Waals surface area (Å²) in [5.74, 6) is -0.0217. The molecule has 0 bridgehead atoms. The molecule has 1 saturated heterocycles. The highest BCUT2D eigenvalue weighted by atomic mass is 16.5. The number of nitrogens with zero attached hydrogens (tertiary/aromatic N) is 1. The molecule has 4 heteroatoms. The molecule has 1 heterocycles. The quantitative estimate of drug-likeness (QED) is 0.454. The van der Waals surface area contributed by atoms with Gasteiger partial charge in [0.25, 0.3) is 0 Å². The number of benzene rings is 2. The van der Waals surface area contributed by atoms with Crippen LogP contribution in [0.4, 0.5) is 0 Å². The molecule has 31 heavy (non-hydrogen) atoms. The minimum Gasteiger partial charge on any atom is -0.463 e. The zero-order valence-electron chi connectivity index (χ0n) is 19.4. The maximum Gasteiger partial charge on any atom is 0.314 e. The first-order valence-electron chi connectivity index (χ1n) is 11.4. The average Bonchev–Trinajstić information content (AvgIpc) is 2.71. The van der Waals surface area contributed by atoms with Crippen LogP contribution < -0.4 is 0 Å². The molecule has 2 aromatic rings. The summed E-state index contributed by atoms with van der Waals surface area (Å²) in [5, 5.41) is 0. The van der Waals surface area contributed by atoms with Gasteiger partial charge in [0, 0.05) is 12.0 Å². The summed E-state index contributed by atoms with van der Waals surface area (Å²) in [6, 6.07) is 16.5. The Labute approximate surface area is 186 Å². The predicted molar refractivity (Wildman–Crippen MR) is 124 cm³/mol. The molecule has 0 N–H and O–H groups in total. The Kier molecular flexibility index (Phi) is 7.66. The standard InChI is InChI=1S/C27H36NO3/c1-20(2)31-27(30)24-14-9-15-28(18-24,17-23-12-6-5-7-13-23)19-25(29)16-26-21(3)10-8-11-22(26)4/h5-8,10-13,20,24H,9,14-19H2,1-4H3/q+1. The van der Waals surface area contributed by atoms with Crippen LogP contribution in [-0.2, 0) is 27.3 Å². The van der Waals surface area contributed by atoms with Crippen molar-refractivity contribution in [3.8, 4) is 0 Å². The maximum atomic E-state index is 13.3. The van der Waals surface area contributed by atoms with Crippen molar-refractivity contribution in [1.29, 1.82) is 0 Å². The second-order valence-electron chi connectivity index (χ2n) is 9.46. The van der Waals surface area contributed by atoms with E-state index < -0.39 is 0 Å². The van der Waals surface area contributed by atoms with Gasteiger partial charge in [-0.3, -0.25) is 9.59 Å². The Morgan fingerprint density at radius 1 is 1.03 bits per heavy atom. The molecule has 166 valence electrons. The van der Waals surface area contributed by atoms with E-state index in [1.165, 1.54) is 16.7 Å². The Balaban J connectivity index is 1.82. The second-order valence-corrected chi connectivity index (χ2v) is 9.46. The number of ketones is 1. The average molecular weight is 423 g/mol. The van der Waals surface area contributed by atoms with E-state index in [-0.39, 0.29) is 23.8 Å². The number of esters is 1. The van der Waals surface area contributed by atoms with Crippen LogP contribution in [0.2, 0.25) is 0 Å². The number of Topliss-reactive ketones (excluding diaryl/α,β-unsaturated/α-hetero) is 1. The Morgan fingerprint density at radius 2 is 1.71 bits per heavy atom. The highest BCUT2D eigenvalue weighted by molar-refractivity contribution is 5.82. The van der Waals surface area contributed by atoms with Crippen LogP contribution in [0.5, 0.6) is 0 Å². The van der Waals surface area contributed by atoms with Crippen LogP contribution in [0, 0.1) is 19.8 Å². The van der Waals surface area contributed by atoms with Gasteiger partial charge in [-0.05, 0) is 57.2 Å². The first-order valence-corrected chi connectivity index (χ1v) is 11.4. The number of rotatable bonds is 8. The van der Waals surface area contributed by atoms with E-state index in [0.29, 0.717) is 24.0 Å². The van der Waals surface area contributed by atoms with Crippen molar-refractivity contribution in [2.24, 2.45) is 5.92 Å². The monoisotopic (exact) mass is 422 g/mol. The molecule has 0 radical (unpaired) electrons. The number of quaternary nitrogens is 1. The van der Waals surface area contributed by atoms with E-state index in [1.807, 2.05) is 38.1 Å². The maximum absolute atomic E-state index is 13.3. The molecule has 2 atom stereocenters. The number of likely N-dealkylation sites (tertiary alicyclic amines) is 1. The third-order valence-electron chi connectivity index (χ3n) is 6.37. The van der Waals surface area contributed by atoms with E-state index in [1.54, 1.807) is 0 Å². The fraction of sp³-hybridized carbons (Fsp3) is 0.481. The molecule has 1 fully saturated rings. The number of carbonyl (C=O) groups is 2. The smallest absolute Gasteiger partial charge is 0.314 e. The molecule has 1 aliphatic heterocycles. The van der Waals surface area contributed by atoms with Gasteiger partial charge in [-0.2, -0.15) is 0 Å². The molecule has 3 rings (SSSR count). The molecular weight excluding hydrogens is 386 g/mol. The highest BCUT2D eigenvalue weighted by Crippen LogP contribution is 2.28. The number of hydrogen-bond acceptors (Lipinski definition) is 3. The summed E-state index contributed by atoms with van der Waals surface area (Å²) in [5.41, 5.74) is 4.68. The van der Waals surface area contributed by atoms with Crippen LogP contribution in [0.25, 0.3) is 0 Å². The summed E-state index contributed by atoms with van der Waals surface area (Å²) in [4.78, 5) is 26.0. The third kappa shape index (κ3) is 6.27. The van der Waals surface area contributed by atoms with Gasteiger partial charge >= 0.3 is 5.97 Å². The first kappa shape index (κ1) is 23.2. The Bertz CT molecular complexity index is 886. The van der Waals surface area contributed by atoms with Gasteiger partial charge in [-0.15, -0.1) is 0 Å². The van der Waals surface area contributed by atoms with Crippen LogP contribution in [0.15, 0.2) is 48.5 Å². The van der Waals surface area contributed by atoms with Gasteiger partial charge in [0.05, 0.1) is 19.2 Å². The number of hydrogen-bond donors (Lipinski definition) is 0. The summed E-state index contributed by atoms with van der Waals surface area (Å²) in [6.45, 7) is 10.7. The van der Waals surface area contributed by atoms with Crippen molar-refractivity contribution in [1.82, 2.24) is 0 Å². The SMILES string of the molecule is Cc1cccc(C)c1CC(=O)C[N+]1(Cc2ccccc2)CCCC(C(=O)OC(C)C)C1. The van der Waals surface area contributed by atoms with Crippen molar-refractivity contribution < 1.29 is 18.8 Å². The van der Waals surface area contributed by atoms with Gasteiger partial charge in [-0.1, -0.05) is 48.5 Å². The van der Waals surface area contributed by atoms with E-state index in [2.05, 4.69) is 38.1 Å². The lowest BCUT2D eigenvalue weighted by Gasteiger charge is -2.43. The summed E-state index contributed by atoms with van der Waals surface area (Å²) >= 11 is 0. The predicted octanol–water partition coefficient (Wildman–Crippen LogP) is 4.79. The highest BCUT2D eigenvalue weighted by Gasteiger charge is 2.40. The molecule has 2 aromatic carbocycles. The summed E-state index contributed by atoms with van der Waals surface area (Å²) in [7, 11) is 0. The fourth-order valence-electron chi connectivity index (χ4n) is 4.91. The third-order valence-corrected chi connectivity index (χ3v) is 6.37. The van der Waals surface area contributed by atoms with Crippen LogP contribution in [0.1, 0.15) is 48.9 Å². The normalized spacial score (nSPS) is 21.1. The van der Waals surface area contributed by atoms with E-state index in [4.69, 9.17) is 4.74 Å². The molecular formula is C27H36NO3+. The van der Waals surface area contributed by atoms with Gasteiger partial charge in [-0.25, -0.2) is 0 Å². The van der Waals surface area contributed by atoms with Crippen molar-refractivity contribution in [3.05, 3.63) is 70.8 Å². The lowest BCUT2D eigenvalue weighted by Crippen LogP contribution is -2.57. The Hall–Kier alpha value is -2.46. The molecule has 0 aromatic heterocycles. The van der Waals surface area contributed by atoms with Gasteiger partial charge in [0.1, 0.15) is 19.0 Å². The minimum atomic E-state index is -0.146. The minimum absolute atomic E-state index is 0.115. The molecule has 1 aliphatic rings. The molecule has 0 spiro atoms. The zero-order valence-corrected chi connectivity index (χ0v) is 19.4. The van der Waals surface area contributed by atoms with Gasteiger partial charge < -0.3 is 9.22 Å². The summed E-state index contributed by atoms with van der Waals surface area (Å²) < 4.78 is 6.16. The van der Waals surface area contributed by atoms with Crippen molar-refractivity contribution >= 4 is 11.8 Å². The lowest BCUT2D eigenvalue weighted by atomic mass is 9.92. The second kappa shape index (κ2) is 10.2. The topological polar surface area (TPSA) is 43.4 Å². The number of piperidine rings is 1. The molecule has 0 aliphatic carbocycles.